The predicted molar refractivity (Wildman–Crippen MR) is 113 cm³/mol. The number of benzene rings is 1. The minimum atomic E-state index is -0.504. The van der Waals surface area contributed by atoms with E-state index in [9.17, 15) is 9.18 Å². The van der Waals surface area contributed by atoms with Gasteiger partial charge in [0.15, 0.2) is 0 Å². The van der Waals surface area contributed by atoms with Gasteiger partial charge in [-0.15, -0.1) is 0 Å². The second kappa shape index (κ2) is 9.06. The molecule has 2 rings (SSSR count). The maximum absolute atomic E-state index is 14.6. The van der Waals surface area contributed by atoms with Gasteiger partial charge in [0.05, 0.1) is 0 Å². The maximum atomic E-state index is 14.6. The number of nitrogens with zero attached hydrogens (tertiary/aromatic N) is 2. The van der Waals surface area contributed by atoms with Crippen LogP contribution >= 0.6 is 0 Å². The number of rotatable bonds is 4. The number of ether oxygens (including phenoxy) is 1. The number of amides is 1. The van der Waals surface area contributed by atoms with Gasteiger partial charge < -0.3 is 9.64 Å². The van der Waals surface area contributed by atoms with E-state index in [4.69, 9.17) is 4.74 Å². The molecule has 1 fully saturated rings. The van der Waals surface area contributed by atoms with E-state index in [-0.39, 0.29) is 23.2 Å². The minimum absolute atomic E-state index is 0.0870. The van der Waals surface area contributed by atoms with Crippen molar-refractivity contribution in [2.24, 2.45) is 10.4 Å². The molecular formula is C23H35FN2O2. The third-order valence-corrected chi connectivity index (χ3v) is 4.86. The predicted octanol–water partition coefficient (Wildman–Crippen LogP) is 5.80. The van der Waals surface area contributed by atoms with Gasteiger partial charge in [-0.25, -0.2) is 9.18 Å². The van der Waals surface area contributed by atoms with E-state index in [0.29, 0.717) is 13.1 Å². The Kier molecular flexibility index (Phi) is 7.24. The van der Waals surface area contributed by atoms with E-state index in [2.05, 4.69) is 25.8 Å². The molecule has 28 heavy (non-hydrogen) atoms. The van der Waals surface area contributed by atoms with E-state index >= 15 is 0 Å². The molecule has 1 amide bonds. The number of hydrogen-bond donors (Lipinski definition) is 0. The van der Waals surface area contributed by atoms with Gasteiger partial charge in [-0.2, -0.15) is 0 Å². The van der Waals surface area contributed by atoms with Crippen molar-refractivity contribution in [3.63, 3.8) is 0 Å². The molecule has 1 aliphatic heterocycles. The Morgan fingerprint density at radius 1 is 1.21 bits per heavy atom. The molecule has 0 aromatic heterocycles. The Hall–Kier alpha value is -1.91. The molecule has 1 saturated heterocycles. The van der Waals surface area contributed by atoms with Gasteiger partial charge >= 0.3 is 6.09 Å². The highest BCUT2D eigenvalue weighted by molar-refractivity contribution is 5.82. The van der Waals surface area contributed by atoms with E-state index in [1.807, 2.05) is 33.1 Å². The molecule has 1 aromatic rings. The Morgan fingerprint density at radius 2 is 1.86 bits per heavy atom. The first kappa shape index (κ1) is 22.4. The molecule has 0 atom stereocenters. The molecule has 0 unspecified atom stereocenters. The summed E-state index contributed by atoms with van der Waals surface area (Å²) in [7, 11) is 0. The largest absolute Gasteiger partial charge is 0.444 e. The second-order valence-corrected chi connectivity index (χ2v) is 9.83. The van der Waals surface area contributed by atoms with Crippen molar-refractivity contribution in [2.45, 2.75) is 72.3 Å². The molecule has 0 spiro atoms. The lowest BCUT2D eigenvalue weighted by Gasteiger charge is -2.34. The van der Waals surface area contributed by atoms with Crippen molar-refractivity contribution in [1.29, 1.82) is 0 Å². The number of aliphatic imine (C=N–C) groups is 1. The van der Waals surface area contributed by atoms with E-state index in [1.165, 1.54) is 6.07 Å². The van der Waals surface area contributed by atoms with Crippen LogP contribution in [0.15, 0.2) is 23.2 Å². The fourth-order valence-corrected chi connectivity index (χ4v) is 3.34. The molecule has 0 radical (unpaired) electrons. The van der Waals surface area contributed by atoms with Gasteiger partial charge in [0, 0.05) is 25.8 Å². The molecule has 0 bridgehead atoms. The first-order valence-electron chi connectivity index (χ1n) is 10.2. The smallest absolute Gasteiger partial charge is 0.410 e. The van der Waals surface area contributed by atoms with Gasteiger partial charge in [0.2, 0.25) is 0 Å². The Bertz CT molecular complexity index is 694. The molecule has 1 aliphatic rings. The summed E-state index contributed by atoms with van der Waals surface area (Å²) in [5.74, 6) is -0.0977. The van der Waals surface area contributed by atoms with Gasteiger partial charge in [0.1, 0.15) is 11.4 Å². The van der Waals surface area contributed by atoms with Crippen molar-refractivity contribution in [2.75, 3.05) is 19.6 Å². The molecule has 4 nitrogen and oxygen atoms in total. The first-order valence-corrected chi connectivity index (χ1v) is 10.2. The Morgan fingerprint density at radius 3 is 2.43 bits per heavy atom. The SMILES string of the molecule is CC(C)(C)CCN=Cc1cccc(F)c1C1CCN(C(=O)OC(C)(C)C)CC1. The summed E-state index contributed by atoms with van der Waals surface area (Å²) in [6.07, 6.45) is 3.96. The van der Waals surface area contributed by atoms with Crippen LogP contribution in [0.25, 0.3) is 0 Å². The lowest BCUT2D eigenvalue weighted by atomic mass is 9.86. The highest BCUT2D eigenvalue weighted by Gasteiger charge is 2.29. The third-order valence-electron chi connectivity index (χ3n) is 4.86. The van der Waals surface area contributed by atoms with Gasteiger partial charge in [0.25, 0.3) is 0 Å². The highest BCUT2D eigenvalue weighted by atomic mass is 19.1. The number of hydrogen-bond acceptors (Lipinski definition) is 3. The van der Waals surface area contributed by atoms with Crippen LogP contribution in [0.4, 0.5) is 9.18 Å². The summed E-state index contributed by atoms with van der Waals surface area (Å²) in [6, 6.07) is 5.18. The van der Waals surface area contributed by atoms with E-state index in [0.717, 1.165) is 36.9 Å². The standard InChI is InChI=1S/C23H35FN2O2/c1-22(2,3)12-13-25-16-18-8-7-9-19(24)20(18)17-10-14-26(15-11-17)21(27)28-23(4,5)6/h7-9,16-17H,10-15H2,1-6H3. The Labute approximate surface area is 169 Å². The quantitative estimate of drug-likeness (QED) is 0.610. The summed E-state index contributed by atoms with van der Waals surface area (Å²) in [5.41, 5.74) is 1.31. The number of likely N-dealkylation sites (tertiary alicyclic amines) is 1. The van der Waals surface area contributed by atoms with Crippen LogP contribution in [0, 0.1) is 11.2 Å². The summed E-state index contributed by atoms with van der Waals surface area (Å²) in [5, 5.41) is 0. The fraction of sp³-hybridized carbons (Fsp3) is 0.652. The highest BCUT2D eigenvalue weighted by Crippen LogP contribution is 2.32. The van der Waals surface area contributed by atoms with Crippen LogP contribution in [-0.2, 0) is 4.74 Å². The van der Waals surface area contributed by atoms with Crippen LogP contribution in [0.3, 0.4) is 0 Å². The normalized spacial score (nSPS) is 16.6. The maximum Gasteiger partial charge on any atom is 0.410 e. The van der Waals surface area contributed by atoms with Crippen molar-refractivity contribution in [3.8, 4) is 0 Å². The third kappa shape index (κ3) is 6.92. The second-order valence-electron chi connectivity index (χ2n) is 9.83. The lowest BCUT2D eigenvalue weighted by Crippen LogP contribution is -2.41. The molecule has 0 N–H and O–H groups in total. The zero-order valence-electron chi connectivity index (χ0n) is 18.2. The van der Waals surface area contributed by atoms with Crippen LogP contribution < -0.4 is 0 Å². The molecule has 1 aromatic carbocycles. The molecule has 1 heterocycles. The average molecular weight is 391 g/mol. The lowest BCUT2D eigenvalue weighted by molar-refractivity contribution is 0.0204. The van der Waals surface area contributed by atoms with Gasteiger partial charge in [-0.3, -0.25) is 4.99 Å². The van der Waals surface area contributed by atoms with Crippen LogP contribution in [0.2, 0.25) is 0 Å². The van der Waals surface area contributed by atoms with Crippen molar-refractivity contribution >= 4 is 12.3 Å². The summed E-state index contributed by atoms with van der Waals surface area (Å²) >= 11 is 0. The summed E-state index contributed by atoms with van der Waals surface area (Å²) in [6.45, 7) is 14.0. The minimum Gasteiger partial charge on any atom is -0.444 e. The average Bonchev–Trinajstić information content (AvgIpc) is 2.57. The monoisotopic (exact) mass is 390 g/mol. The van der Waals surface area contributed by atoms with Gasteiger partial charge in [-0.05, 0) is 68.6 Å². The number of halogens is 1. The topological polar surface area (TPSA) is 41.9 Å². The van der Waals surface area contributed by atoms with Crippen molar-refractivity contribution in [3.05, 3.63) is 35.1 Å². The number of piperidine rings is 1. The Balaban J connectivity index is 2.04. The zero-order valence-corrected chi connectivity index (χ0v) is 18.2. The number of carbonyl (C=O) groups excluding carboxylic acids is 1. The zero-order chi connectivity index (χ0) is 20.9. The van der Waals surface area contributed by atoms with Crippen LogP contribution in [-0.4, -0.2) is 42.4 Å². The van der Waals surface area contributed by atoms with Crippen LogP contribution in [0.1, 0.15) is 77.8 Å². The molecule has 5 heteroatoms. The van der Waals surface area contributed by atoms with Gasteiger partial charge in [-0.1, -0.05) is 32.9 Å². The van der Waals surface area contributed by atoms with Crippen LogP contribution in [0.5, 0.6) is 0 Å². The first-order chi connectivity index (χ1) is 13.0. The molecule has 156 valence electrons. The van der Waals surface area contributed by atoms with Crippen molar-refractivity contribution in [1.82, 2.24) is 4.90 Å². The molecule has 0 aliphatic carbocycles. The fourth-order valence-electron chi connectivity index (χ4n) is 3.34. The van der Waals surface area contributed by atoms with E-state index < -0.39 is 5.60 Å². The molecular weight excluding hydrogens is 355 g/mol. The number of carbonyl (C=O) groups is 1. The summed E-state index contributed by atoms with van der Waals surface area (Å²) in [4.78, 5) is 18.5. The van der Waals surface area contributed by atoms with Crippen molar-refractivity contribution < 1.29 is 13.9 Å². The summed E-state index contributed by atoms with van der Waals surface area (Å²) < 4.78 is 20.1. The van der Waals surface area contributed by atoms with E-state index in [1.54, 1.807) is 11.0 Å². The molecule has 0 saturated carbocycles.